The topological polar surface area (TPSA) is 102 Å². The van der Waals surface area contributed by atoms with Gasteiger partial charge in [0.2, 0.25) is 5.95 Å². The van der Waals surface area contributed by atoms with Crippen molar-refractivity contribution in [3.8, 4) is 0 Å². The Bertz CT molecular complexity index is 724. The predicted molar refractivity (Wildman–Crippen MR) is 103 cm³/mol. The van der Waals surface area contributed by atoms with Crippen LogP contribution in [0, 0.1) is 0 Å². The highest BCUT2D eigenvalue weighted by atomic mass is 35.5. The number of anilines is 2. The zero-order chi connectivity index (χ0) is 19.2. The number of rotatable bonds is 6. The van der Waals surface area contributed by atoms with E-state index in [-0.39, 0.29) is 5.95 Å². The normalized spacial score (nSPS) is 11.1. The smallest absolute Gasteiger partial charge is 0.407 e. The Morgan fingerprint density at radius 3 is 2.46 bits per heavy atom. The molecule has 4 N–H and O–H groups in total. The number of nitrogens with zero attached hydrogens (tertiary/aromatic N) is 2. The third-order valence-electron chi connectivity index (χ3n) is 3.29. The van der Waals surface area contributed by atoms with Crippen LogP contribution in [0.5, 0.6) is 0 Å². The minimum absolute atomic E-state index is 0.132. The average Bonchev–Trinajstić information content (AvgIpc) is 2.51. The molecule has 1 aromatic carbocycles. The number of nitrogen functional groups attached to an aromatic ring is 1. The number of ether oxygens (including phenoxy) is 1. The zero-order valence-electron chi connectivity index (χ0n) is 15.2. The van der Waals surface area contributed by atoms with E-state index in [0.29, 0.717) is 24.1 Å². The molecule has 0 saturated heterocycles. The van der Waals surface area contributed by atoms with Gasteiger partial charge in [0.1, 0.15) is 16.6 Å². The molecule has 0 atom stereocenters. The molecule has 7 nitrogen and oxygen atoms in total. The van der Waals surface area contributed by atoms with Crippen LogP contribution in [-0.2, 0) is 17.7 Å². The van der Waals surface area contributed by atoms with Crippen molar-refractivity contribution in [2.24, 2.45) is 0 Å². The second-order valence-corrected chi connectivity index (χ2v) is 7.17. The van der Waals surface area contributed by atoms with E-state index in [4.69, 9.17) is 22.1 Å². The van der Waals surface area contributed by atoms with E-state index in [9.17, 15) is 4.79 Å². The SMILES string of the molecule is CC(C)(C)OC(=O)NCCc1ccc(CNc2cc(Cl)nc(N)n2)cc1. The number of nitrogens with one attached hydrogen (secondary N) is 2. The first kappa shape index (κ1) is 19.8. The number of hydrogen-bond acceptors (Lipinski definition) is 6. The Kier molecular flexibility index (Phi) is 6.63. The minimum Gasteiger partial charge on any atom is -0.444 e. The van der Waals surface area contributed by atoms with Gasteiger partial charge < -0.3 is 21.1 Å². The van der Waals surface area contributed by atoms with E-state index in [2.05, 4.69) is 20.6 Å². The number of carbonyl (C=O) groups is 1. The molecule has 1 amide bonds. The van der Waals surface area contributed by atoms with Crippen molar-refractivity contribution in [2.45, 2.75) is 39.3 Å². The number of aromatic nitrogens is 2. The second-order valence-electron chi connectivity index (χ2n) is 6.78. The lowest BCUT2D eigenvalue weighted by atomic mass is 10.1. The van der Waals surface area contributed by atoms with Gasteiger partial charge in [-0.1, -0.05) is 35.9 Å². The van der Waals surface area contributed by atoms with Crippen LogP contribution in [0.1, 0.15) is 31.9 Å². The average molecular weight is 378 g/mol. The molecule has 0 saturated carbocycles. The van der Waals surface area contributed by atoms with Crippen LogP contribution in [0.25, 0.3) is 0 Å². The molecule has 8 heteroatoms. The number of carbonyl (C=O) groups excluding carboxylic acids is 1. The molecule has 0 aliphatic carbocycles. The third kappa shape index (κ3) is 7.14. The number of hydrogen-bond donors (Lipinski definition) is 3. The van der Waals surface area contributed by atoms with Crippen molar-refractivity contribution >= 4 is 29.5 Å². The highest BCUT2D eigenvalue weighted by molar-refractivity contribution is 6.29. The molecule has 2 rings (SSSR count). The summed E-state index contributed by atoms with van der Waals surface area (Å²) in [6.07, 6.45) is 0.325. The highest BCUT2D eigenvalue weighted by Gasteiger charge is 2.15. The number of halogens is 1. The van der Waals surface area contributed by atoms with Gasteiger partial charge in [-0.25, -0.2) is 9.78 Å². The monoisotopic (exact) mass is 377 g/mol. The summed E-state index contributed by atoms with van der Waals surface area (Å²) in [4.78, 5) is 19.5. The van der Waals surface area contributed by atoms with Crippen LogP contribution in [0.3, 0.4) is 0 Å². The van der Waals surface area contributed by atoms with E-state index >= 15 is 0 Å². The summed E-state index contributed by atoms with van der Waals surface area (Å²) in [5, 5.41) is 6.20. The lowest BCUT2D eigenvalue weighted by Crippen LogP contribution is -2.33. The van der Waals surface area contributed by atoms with Crippen LogP contribution >= 0.6 is 11.6 Å². The predicted octanol–water partition coefficient (Wildman–Crippen LogP) is 3.39. The molecule has 1 heterocycles. The molecular formula is C18H24ClN5O2. The van der Waals surface area contributed by atoms with Gasteiger partial charge in [-0.05, 0) is 38.3 Å². The molecule has 0 aliphatic heterocycles. The quantitative estimate of drug-likeness (QED) is 0.667. The van der Waals surface area contributed by atoms with E-state index in [1.165, 1.54) is 0 Å². The third-order valence-corrected chi connectivity index (χ3v) is 3.48. The summed E-state index contributed by atoms with van der Waals surface area (Å²) in [5.74, 6) is 0.709. The van der Waals surface area contributed by atoms with Crippen LogP contribution in [-0.4, -0.2) is 28.2 Å². The van der Waals surface area contributed by atoms with Crippen LogP contribution < -0.4 is 16.4 Å². The fourth-order valence-electron chi connectivity index (χ4n) is 2.17. The molecule has 26 heavy (non-hydrogen) atoms. The molecule has 0 bridgehead atoms. The van der Waals surface area contributed by atoms with E-state index in [1.807, 2.05) is 45.0 Å². The highest BCUT2D eigenvalue weighted by Crippen LogP contribution is 2.14. The largest absolute Gasteiger partial charge is 0.444 e. The molecular weight excluding hydrogens is 354 g/mol. The Hall–Kier alpha value is -2.54. The molecule has 0 radical (unpaired) electrons. The first-order chi connectivity index (χ1) is 12.2. The van der Waals surface area contributed by atoms with Gasteiger partial charge in [0.25, 0.3) is 0 Å². The van der Waals surface area contributed by atoms with Gasteiger partial charge in [0, 0.05) is 19.2 Å². The van der Waals surface area contributed by atoms with E-state index < -0.39 is 11.7 Å². The van der Waals surface area contributed by atoms with Crippen LogP contribution in [0.2, 0.25) is 5.15 Å². The summed E-state index contributed by atoms with van der Waals surface area (Å²) >= 11 is 5.85. The molecule has 0 unspecified atom stereocenters. The van der Waals surface area contributed by atoms with Crippen molar-refractivity contribution in [2.75, 3.05) is 17.6 Å². The standard InChI is InChI=1S/C18H24ClN5O2/c1-18(2,3)26-17(25)21-9-8-12-4-6-13(7-5-12)11-22-15-10-14(19)23-16(20)24-15/h4-7,10H,8-9,11H2,1-3H3,(H,21,25)(H3,20,22,23,24). The Morgan fingerprint density at radius 2 is 1.85 bits per heavy atom. The molecule has 1 aromatic heterocycles. The lowest BCUT2D eigenvalue weighted by molar-refractivity contribution is 0.0528. The maximum atomic E-state index is 11.6. The minimum atomic E-state index is -0.489. The van der Waals surface area contributed by atoms with Gasteiger partial charge in [0.15, 0.2) is 0 Å². The first-order valence-corrected chi connectivity index (χ1v) is 8.68. The van der Waals surface area contributed by atoms with E-state index in [0.717, 1.165) is 17.5 Å². The molecule has 140 valence electrons. The van der Waals surface area contributed by atoms with E-state index in [1.54, 1.807) is 6.07 Å². The Labute approximate surface area is 158 Å². The second kappa shape index (κ2) is 8.71. The summed E-state index contributed by atoms with van der Waals surface area (Å²) in [5.41, 5.74) is 7.28. The van der Waals surface area contributed by atoms with Crippen LogP contribution in [0.15, 0.2) is 30.3 Å². The maximum Gasteiger partial charge on any atom is 0.407 e. The van der Waals surface area contributed by atoms with Crippen molar-refractivity contribution < 1.29 is 9.53 Å². The summed E-state index contributed by atoms with van der Waals surface area (Å²) < 4.78 is 5.20. The maximum absolute atomic E-state index is 11.6. The van der Waals surface area contributed by atoms with Crippen molar-refractivity contribution in [1.82, 2.24) is 15.3 Å². The van der Waals surface area contributed by atoms with Crippen LogP contribution in [0.4, 0.5) is 16.6 Å². The molecule has 0 spiro atoms. The summed E-state index contributed by atoms with van der Waals surface area (Å²) in [6.45, 7) is 6.61. The number of amides is 1. The first-order valence-electron chi connectivity index (χ1n) is 8.30. The molecule has 0 aliphatic rings. The van der Waals surface area contributed by atoms with Crippen molar-refractivity contribution in [3.63, 3.8) is 0 Å². The van der Waals surface area contributed by atoms with Gasteiger partial charge in [0.05, 0.1) is 0 Å². The van der Waals surface area contributed by atoms with Crippen molar-refractivity contribution in [1.29, 1.82) is 0 Å². The zero-order valence-corrected chi connectivity index (χ0v) is 15.9. The Morgan fingerprint density at radius 1 is 1.19 bits per heavy atom. The Balaban J connectivity index is 1.78. The number of benzene rings is 1. The fraction of sp³-hybridized carbons (Fsp3) is 0.389. The van der Waals surface area contributed by atoms with Gasteiger partial charge in [-0.3, -0.25) is 0 Å². The van der Waals surface area contributed by atoms with Gasteiger partial charge in [-0.2, -0.15) is 4.98 Å². The van der Waals surface area contributed by atoms with Gasteiger partial charge >= 0.3 is 6.09 Å². The number of alkyl carbamates (subject to hydrolysis) is 1. The summed E-state index contributed by atoms with van der Waals surface area (Å²) in [7, 11) is 0. The summed E-state index contributed by atoms with van der Waals surface area (Å²) in [6, 6.07) is 9.70. The fourth-order valence-corrected chi connectivity index (χ4v) is 2.36. The molecule has 2 aromatic rings. The molecule has 0 fully saturated rings. The van der Waals surface area contributed by atoms with Gasteiger partial charge in [-0.15, -0.1) is 0 Å². The lowest BCUT2D eigenvalue weighted by Gasteiger charge is -2.19. The number of nitrogens with two attached hydrogens (primary N) is 1. The van der Waals surface area contributed by atoms with Crippen molar-refractivity contribution in [3.05, 3.63) is 46.6 Å².